The minimum absolute atomic E-state index is 0.147. The Morgan fingerprint density at radius 3 is 2.67 bits per heavy atom. The summed E-state index contributed by atoms with van der Waals surface area (Å²) in [5, 5.41) is 2.92. The molecule has 0 bridgehead atoms. The molecule has 2 aromatic carbocycles. The van der Waals surface area contributed by atoms with Crippen LogP contribution < -0.4 is 10.2 Å². The van der Waals surface area contributed by atoms with Crippen LogP contribution in [-0.2, 0) is 14.8 Å². The van der Waals surface area contributed by atoms with Crippen molar-refractivity contribution in [2.45, 2.75) is 17.7 Å². The molecule has 1 aromatic heterocycles. The zero-order valence-corrected chi connectivity index (χ0v) is 18.4. The molecule has 1 N–H and O–H groups in total. The average Bonchev–Trinajstić information content (AvgIpc) is 3.23. The van der Waals surface area contributed by atoms with Crippen LogP contribution in [0.5, 0.6) is 0 Å². The third-order valence-electron chi connectivity index (χ3n) is 5.27. The number of benzene rings is 2. The van der Waals surface area contributed by atoms with Crippen molar-refractivity contribution in [2.24, 2.45) is 5.92 Å². The molecule has 0 unspecified atom stereocenters. The van der Waals surface area contributed by atoms with Crippen LogP contribution in [0.25, 0.3) is 11.0 Å². The zero-order chi connectivity index (χ0) is 21.3. The van der Waals surface area contributed by atoms with Gasteiger partial charge in [0.05, 0.1) is 17.6 Å². The molecule has 0 radical (unpaired) electrons. The molecular formula is C20H23N5O3S2. The van der Waals surface area contributed by atoms with Crippen molar-refractivity contribution in [3.63, 3.8) is 0 Å². The second-order valence-corrected chi connectivity index (χ2v) is 9.96. The molecule has 4 rings (SSSR count). The molecule has 2 heterocycles. The number of hydrogen-bond acceptors (Lipinski definition) is 7. The van der Waals surface area contributed by atoms with Crippen molar-refractivity contribution in [1.82, 2.24) is 13.1 Å². The monoisotopic (exact) mass is 445 g/mol. The van der Waals surface area contributed by atoms with Crippen LogP contribution in [-0.4, -0.2) is 54.6 Å². The Kier molecular flexibility index (Phi) is 5.72. The maximum atomic E-state index is 13.3. The van der Waals surface area contributed by atoms with Crippen LogP contribution in [0.4, 0.5) is 11.4 Å². The van der Waals surface area contributed by atoms with E-state index in [2.05, 4.69) is 14.1 Å². The van der Waals surface area contributed by atoms with Gasteiger partial charge in [-0.15, -0.1) is 0 Å². The lowest BCUT2D eigenvalue weighted by Gasteiger charge is -2.31. The lowest BCUT2D eigenvalue weighted by molar-refractivity contribution is -0.120. The number of sulfonamides is 1. The van der Waals surface area contributed by atoms with Gasteiger partial charge in [-0.3, -0.25) is 4.79 Å². The molecule has 1 aliphatic rings. The first-order chi connectivity index (χ1) is 14.4. The first-order valence-corrected chi connectivity index (χ1v) is 11.8. The van der Waals surface area contributed by atoms with Crippen molar-refractivity contribution in [2.75, 3.05) is 37.4 Å². The van der Waals surface area contributed by atoms with Crippen LogP contribution in [0.15, 0.2) is 47.4 Å². The lowest BCUT2D eigenvalue weighted by atomic mass is 9.98. The first-order valence-electron chi connectivity index (χ1n) is 9.66. The number of hydrogen-bond donors (Lipinski definition) is 1. The smallest absolute Gasteiger partial charge is 0.245 e. The van der Waals surface area contributed by atoms with Gasteiger partial charge in [-0.1, -0.05) is 6.07 Å². The van der Waals surface area contributed by atoms with Gasteiger partial charge in [0.25, 0.3) is 0 Å². The fourth-order valence-corrected chi connectivity index (χ4v) is 5.87. The number of piperidine rings is 1. The standard InChI is InChI=1S/C20H23N5O3S2/c1-24(2)16-10-8-15(9-11-16)21-20(26)14-5-4-12-25(13-14)30(27,28)18-7-3-6-17-19(18)23-29-22-17/h3,6-11,14H,4-5,12-13H2,1-2H3,(H,21,26)/t14-/m0/s1. The predicted molar refractivity (Wildman–Crippen MR) is 118 cm³/mol. The number of nitrogens with zero attached hydrogens (tertiary/aromatic N) is 4. The summed E-state index contributed by atoms with van der Waals surface area (Å²) >= 11 is 0.989. The van der Waals surface area contributed by atoms with Gasteiger partial charge in [0.1, 0.15) is 15.9 Å². The number of anilines is 2. The van der Waals surface area contributed by atoms with E-state index < -0.39 is 15.9 Å². The van der Waals surface area contributed by atoms with Gasteiger partial charge in [-0.25, -0.2) is 8.42 Å². The van der Waals surface area contributed by atoms with Gasteiger partial charge < -0.3 is 10.2 Å². The van der Waals surface area contributed by atoms with Crippen molar-refractivity contribution in [3.8, 4) is 0 Å². The molecule has 158 valence electrons. The van der Waals surface area contributed by atoms with E-state index in [0.717, 1.165) is 17.4 Å². The van der Waals surface area contributed by atoms with Gasteiger partial charge in [-0.2, -0.15) is 13.1 Å². The van der Waals surface area contributed by atoms with Gasteiger partial charge >= 0.3 is 0 Å². The number of rotatable bonds is 5. The topological polar surface area (TPSA) is 95.5 Å². The molecule has 1 amide bonds. The maximum absolute atomic E-state index is 13.3. The molecule has 10 heteroatoms. The second kappa shape index (κ2) is 8.29. The predicted octanol–water partition coefficient (Wildman–Crippen LogP) is 2.80. The van der Waals surface area contributed by atoms with Crippen molar-refractivity contribution >= 4 is 50.1 Å². The Hall–Kier alpha value is -2.56. The molecular weight excluding hydrogens is 422 g/mol. The summed E-state index contributed by atoms with van der Waals surface area (Å²) in [4.78, 5) is 14.9. The average molecular weight is 446 g/mol. The van der Waals surface area contributed by atoms with E-state index in [0.29, 0.717) is 36.1 Å². The number of aromatic nitrogens is 2. The van der Waals surface area contributed by atoms with E-state index in [9.17, 15) is 13.2 Å². The highest BCUT2D eigenvalue weighted by atomic mass is 32.2. The van der Waals surface area contributed by atoms with Crippen LogP contribution >= 0.6 is 11.7 Å². The molecule has 1 atom stereocenters. The van der Waals surface area contributed by atoms with Gasteiger partial charge in [-0.05, 0) is 49.2 Å². The summed E-state index contributed by atoms with van der Waals surface area (Å²) in [6.45, 7) is 0.537. The van der Waals surface area contributed by atoms with E-state index in [4.69, 9.17) is 0 Å². The van der Waals surface area contributed by atoms with E-state index in [1.54, 1.807) is 18.2 Å². The molecule has 1 saturated heterocycles. The summed E-state index contributed by atoms with van der Waals surface area (Å²) in [7, 11) is 0.141. The van der Waals surface area contributed by atoms with Crippen molar-refractivity contribution in [3.05, 3.63) is 42.5 Å². The Morgan fingerprint density at radius 1 is 1.17 bits per heavy atom. The fraction of sp³-hybridized carbons (Fsp3) is 0.350. The van der Waals surface area contributed by atoms with Crippen LogP contribution in [0.2, 0.25) is 0 Å². The second-order valence-electron chi connectivity index (χ2n) is 7.52. The number of amides is 1. The zero-order valence-electron chi connectivity index (χ0n) is 16.8. The highest BCUT2D eigenvalue weighted by molar-refractivity contribution is 7.89. The van der Waals surface area contributed by atoms with Crippen LogP contribution in [0.1, 0.15) is 12.8 Å². The molecule has 3 aromatic rings. The summed E-state index contributed by atoms with van der Waals surface area (Å²) < 4.78 is 36.2. The van der Waals surface area contributed by atoms with Gasteiger partial charge in [0.15, 0.2) is 0 Å². The summed E-state index contributed by atoms with van der Waals surface area (Å²) in [5.41, 5.74) is 2.68. The summed E-state index contributed by atoms with van der Waals surface area (Å²) in [6.07, 6.45) is 1.28. The first kappa shape index (κ1) is 20.7. The van der Waals surface area contributed by atoms with Crippen LogP contribution in [0, 0.1) is 5.92 Å². The van der Waals surface area contributed by atoms with E-state index in [1.165, 1.54) is 4.31 Å². The van der Waals surface area contributed by atoms with Gasteiger partial charge in [0.2, 0.25) is 15.9 Å². The molecule has 0 spiro atoms. The largest absolute Gasteiger partial charge is 0.378 e. The van der Waals surface area contributed by atoms with Crippen LogP contribution in [0.3, 0.4) is 0 Å². The van der Waals surface area contributed by atoms with E-state index in [1.807, 2.05) is 43.3 Å². The Balaban J connectivity index is 1.50. The molecule has 0 saturated carbocycles. The highest BCUT2D eigenvalue weighted by Crippen LogP contribution is 2.28. The molecule has 1 fully saturated rings. The third-order valence-corrected chi connectivity index (χ3v) is 7.71. The fourth-order valence-electron chi connectivity index (χ4n) is 3.59. The van der Waals surface area contributed by atoms with E-state index >= 15 is 0 Å². The molecule has 30 heavy (non-hydrogen) atoms. The molecule has 8 nitrogen and oxygen atoms in total. The number of nitrogens with one attached hydrogen (secondary N) is 1. The van der Waals surface area contributed by atoms with Crippen molar-refractivity contribution in [1.29, 1.82) is 0 Å². The highest BCUT2D eigenvalue weighted by Gasteiger charge is 2.34. The Labute approximate surface area is 179 Å². The summed E-state index contributed by atoms with van der Waals surface area (Å²) in [6, 6.07) is 12.5. The number of carbonyl (C=O) groups is 1. The SMILES string of the molecule is CN(C)c1ccc(NC(=O)[C@H]2CCCN(S(=O)(=O)c3cccc4nsnc34)C2)cc1. The quantitative estimate of drug-likeness (QED) is 0.649. The third kappa shape index (κ3) is 4.03. The number of fused-ring (bicyclic) bond motifs is 1. The minimum atomic E-state index is -3.76. The van der Waals surface area contributed by atoms with E-state index in [-0.39, 0.29) is 17.3 Å². The minimum Gasteiger partial charge on any atom is -0.378 e. The number of carbonyl (C=O) groups excluding carboxylic acids is 1. The molecule has 1 aliphatic heterocycles. The Morgan fingerprint density at radius 2 is 1.93 bits per heavy atom. The van der Waals surface area contributed by atoms with Gasteiger partial charge in [0, 0.05) is 38.6 Å². The molecule has 0 aliphatic carbocycles. The maximum Gasteiger partial charge on any atom is 0.245 e. The Bertz CT molecular complexity index is 1160. The summed E-state index contributed by atoms with van der Waals surface area (Å²) in [5.74, 6) is -0.573. The van der Waals surface area contributed by atoms with Crippen molar-refractivity contribution < 1.29 is 13.2 Å². The normalized spacial score (nSPS) is 17.7. The lowest BCUT2D eigenvalue weighted by Crippen LogP contribution is -2.43.